The molecule has 0 saturated heterocycles. The van der Waals surface area contributed by atoms with Crippen LogP contribution >= 0.6 is 22.9 Å². The molecule has 0 bridgehead atoms. The van der Waals surface area contributed by atoms with Crippen LogP contribution < -0.4 is 24.3 Å². The summed E-state index contributed by atoms with van der Waals surface area (Å²) < 4.78 is 19.5. The van der Waals surface area contributed by atoms with Gasteiger partial charge in [0.15, 0.2) is 16.5 Å². The van der Waals surface area contributed by atoms with Crippen LogP contribution in [-0.2, 0) is 0 Å². The number of hydrogen-bond donors (Lipinski definition) is 0. The minimum absolute atomic E-state index is 0.110. The van der Waals surface area contributed by atoms with E-state index in [1.807, 2.05) is 67.6 Å². The van der Waals surface area contributed by atoms with Crippen molar-refractivity contribution in [1.29, 1.82) is 0 Å². The average molecular weight is 507 g/mol. The van der Waals surface area contributed by atoms with E-state index in [1.54, 1.807) is 23.7 Å². The molecule has 2 aromatic heterocycles. The molecule has 0 aliphatic heterocycles. The molecule has 5 aromatic rings. The topological polar surface area (TPSA) is 62.1 Å². The van der Waals surface area contributed by atoms with Crippen LogP contribution in [-0.4, -0.2) is 29.7 Å². The molecule has 0 spiro atoms. The van der Waals surface area contributed by atoms with E-state index in [-0.39, 0.29) is 11.5 Å². The number of benzene rings is 3. The molecule has 3 aromatic carbocycles. The number of imidazole rings is 1. The van der Waals surface area contributed by atoms with Crippen LogP contribution in [0.1, 0.15) is 12.5 Å². The van der Waals surface area contributed by atoms with E-state index in [2.05, 4.69) is 4.98 Å². The zero-order valence-corrected chi connectivity index (χ0v) is 20.8. The molecule has 0 saturated carbocycles. The molecular weight excluding hydrogens is 484 g/mol. The lowest BCUT2D eigenvalue weighted by atomic mass is 10.2. The maximum atomic E-state index is 13.1. The van der Waals surface area contributed by atoms with Gasteiger partial charge in [0.05, 0.1) is 40.9 Å². The SMILES string of the molecule is COc1cc(C=c2sc3nc4ccccc4n3c2=O)cc(Cl)c1OC[C@H](C)COc1ccccc1. The Morgan fingerprint density at radius 1 is 1.06 bits per heavy atom. The van der Waals surface area contributed by atoms with Gasteiger partial charge in [-0.1, -0.05) is 60.2 Å². The number of methoxy groups -OCH3 is 1. The zero-order valence-electron chi connectivity index (χ0n) is 19.2. The lowest BCUT2D eigenvalue weighted by molar-refractivity contribution is 0.184. The van der Waals surface area contributed by atoms with E-state index >= 15 is 0 Å². The summed E-state index contributed by atoms with van der Waals surface area (Å²) >= 11 is 7.90. The van der Waals surface area contributed by atoms with Crippen molar-refractivity contribution in [2.45, 2.75) is 6.92 Å². The van der Waals surface area contributed by atoms with Crippen LogP contribution in [0.3, 0.4) is 0 Å². The number of thiazole rings is 1. The van der Waals surface area contributed by atoms with Gasteiger partial charge in [0, 0.05) is 5.92 Å². The van der Waals surface area contributed by atoms with Gasteiger partial charge >= 0.3 is 0 Å². The summed E-state index contributed by atoms with van der Waals surface area (Å²) in [5.74, 6) is 1.91. The first kappa shape index (κ1) is 23.2. The monoisotopic (exact) mass is 506 g/mol. The van der Waals surface area contributed by atoms with Gasteiger partial charge in [-0.2, -0.15) is 0 Å². The molecule has 6 nitrogen and oxygen atoms in total. The smallest absolute Gasteiger partial charge is 0.274 e. The Labute approximate surface area is 211 Å². The normalized spacial score (nSPS) is 12.8. The highest BCUT2D eigenvalue weighted by Gasteiger charge is 2.15. The number of nitrogens with zero attached hydrogens (tertiary/aromatic N) is 2. The molecule has 0 aliphatic rings. The summed E-state index contributed by atoms with van der Waals surface area (Å²) in [4.78, 5) is 18.3. The number of hydrogen-bond acceptors (Lipinski definition) is 6. The standard InChI is InChI=1S/C27H23ClN2O4S/c1-17(15-33-19-8-4-3-5-9-19)16-34-25-20(28)12-18(13-23(25)32-2)14-24-26(31)30-22-11-7-6-10-21(22)29-27(30)35-24/h3-14,17H,15-16H2,1-2H3/t17-/m1/s1. The summed E-state index contributed by atoms with van der Waals surface area (Å²) in [5, 5.41) is 0.408. The fourth-order valence-electron chi connectivity index (χ4n) is 3.76. The van der Waals surface area contributed by atoms with Crippen molar-refractivity contribution in [2.24, 2.45) is 5.92 Å². The van der Waals surface area contributed by atoms with Gasteiger partial charge in [0.25, 0.3) is 5.56 Å². The summed E-state index contributed by atoms with van der Waals surface area (Å²) in [6, 6.07) is 20.8. The van der Waals surface area contributed by atoms with Gasteiger partial charge in [0.1, 0.15) is 5.75 Å². The second-order valence-corrected chi connectivity index (χ2v) is 9.62. The molecule has 1 atom stereocenters. The Balaban J connectivity index is 1.36. The Kier molecular flexibility index (Phi) is 6.61. The number of aromatic nitrogens is 2. The highest BCUT2D eigenvalue weighted by Crippen LogP contribution is 2.37. The van der Waals surface area contributed by atoms with Crippen LogP contribution in [0.4, 0.5) is 0 Å². The highest BCUT2D eigenvalue weighted by molar-refractivity contribution is 7.15. The third-order valence-electron chi connectivity index (χ3n) is 5.48. The summed E-state index contributed by atoms with van der Waals surface area (Å²) in [6.45, 7) is 2.96. The molecule has 8 heteroatoms. The summed E-state index contributed by atoms with van der Waals surface area (Å²) in [5.41, 5.74) is 2.23. The van der Waals surface area contributed by atoms with E-state index in [9.17, 15) is 4.79 Å². The van der Waals surface area contributed by atoms with Gasteiger partial charge in [-0.05, 0) is 48.0 Å². The van der Waals surface area contributed by atoms with Crippen LogP contribution in [0.15, 0.2) is 71.5 Å². The molecule has 0 N–H and O–H groups in total. The van der Waals surface area contributed by atoms with Crippen LogP contribution in [0.2, 0.25) is 5.02 Å². The van der Waals surface area contributed by atoms with E-state index in [0.29, 0.717) is 39.2 Å². The molecule has 0 amide bonds. The van der Waals surface area contributed by atoms with E-state index in [1.165, 1.54) is 11.3 Å². The van der Waals surface area contributed by atoms with Crippen molar-refractivity contribution >= 4 is 45.0 Å². The quantitative estimate of drug-likeness (QED) is 0.289. The number of ether oxygens (including phenoxy) is 3. The lowest BCUT2D eigenvalue weighted by Crippen LogP contribution is -2.22. The second kappa shape index (κ2) is 9.98. The molecule has 35 heavy (non-hydrogen) atoms. The minimum Gasteiger partial charge on any atom is -0.493 e. The van der Waals surface area contributed by atoms with Gasteiger partial charge < -0.3 is 14.2 Å². The predicted octanol–water partition coefficient (Wildman–Crippen LogP) is 5.21. The van der Waals surface area contributed by atoms with Gasteiger partial charge in [-0.25, -0.2) is 9.38 Å². The first-order valence-corrected chi connectivity index (χ1v) is 12.3. The van der Waals surface area contributed by atoms with E-state index < -0.39 is 0 Å². The first-order valence-electron chi connectivity index (χ1n) is 11.1. The highest BCUT2D eigenvalue weighted by atomic mass is 35.5. The minimum atomic E-state index is -0.110. The van der Waals surface area contributed by atoms with Crippen molar-refractivity contribution < 1.29 is 14.2 Å². The van der Waals surface area contributed by atoms with Crippen molar-refractivity contribution in [3.05, 3.63) is 92.2 Å². The zero-order chi connectivity index (χ0) is 24.4. The van der Waals surface area contributed by atoms with E-state index in [4.69, 9.17) is 25.8 Å². The lowest BCUT2D eigenvalue weighted by Gasteiger charge is -2.17. The molecule has 2 heterocycles. The first-order chi connectivity index (χ1) is 17.0. The fraction of sp³-hybridized carbons (Fsp3) is 0.185. The average Bonchev–Trinajstić information content (AvgIpc) is 3.38. The van der Waals surface area contributed by atoms with Crippen LogP contribution in [0.25, 0.3) is 22.1 Å². The molecule has 178 valence electrons. The summed E-state index contributed by atoms with van der Waals surface area (Å²) in [6.07, 6.45) is 1.80. The number of fused-ring (bicyclic) bond motifs is 3. The number of halogens is 1. The predicted molar refractivity (Wildman–Crippen MR) is 140 cm³/mol. The van der Waals surface area contributed by atoms with Crippen molar-refractivity contribution in [3.8, 4) is 17.2 Å². The number of rotatable bonds is 8. The van der Waals surface area contributed by atoms with Gasteiger partial charge in [0.2, 0.25) is 0 Å². The third kappa shape index (κ3) is 4.83. The summed E-state index contributed by atoms with van der Waals surface area (Å²) in [7, 11) is 1.56. The molecule has 5 rings (SSSR count). The molecule has 0 fully saturated rings. The number of para-hydroxylation sites is 3. The Morgan fingerprint density at radius 3 is 2.60 bits per heavy atom. The van der Waals surface area contributed by atoms with Crippen LogP contribution in [0, 0.1) is 5.92 Å². The van der Waals surface area contributed by atoms with Crippen molar-refractivity contribution in [3.63, 3.8) is 0 Å². The van der Waals surface area contributed by atoms with Crippen LogP contribution in [0.5, 0.6) is 17.2 Å². The largest absolute Gasteiger partial charge is 0.493 e. The van der Waals surface area contributed by atoms with Gasteiger partial charge in [-0.15, -0.1) is 0 Å². The third-order valence-corrected chi connectivity index (χ3v) is 6.73. The maximum Gasteiger partial charge on any atom is 0.274 e. The molecular formula is C27H23ClN2O4S. The molecule has 0 aliphatic carbocycles. The Bertz CT molecular complexity index is 1600. The van der Waals surface area contributed by atoms with Crippen molar-refractivity contribution in [1.82, 2.24) is 9.38 Å². The second-order valence-electron chi connectivity index (χ2n) is 8.21. The Hall–Kier alpha value is -3.55. The van der Waals surface area contributed by atoms with E-state index in [0.717, 1.165) is 22.3 Å². The molecule has 0 radical (unpaired) electrons. The van der Waals surface area contributed by atoms with Gasteiger partial charge in [-0.3, -0.25) is 4.79 Å². The van der Waals surface area contributed by atoms with Crippen molar-refractivity contribution in [2.75, 3.05) is 20.3 Å². The Morgan fingerprint density at radius 2 is 1.80 bits per heavy atom. The molecule has 0 unspecified atom stereocenters. The fourth-order valence-corrected chi connectivity index (χ4v) is 5.02. The maximum absolute atomic E-state index is 13.1.